The number of amides is 1. The van der Waals surface area contributed by atoms with Gasteiger partial charge in [0.25, 0.3) is 5.91 Å². The van der Waals surface area contributed by atoms with Crippen LogP contribution in [-0.4, -0.2) is 54.9 Å². The van der Waals surface area contributed by atoms with Crippen LogP contribution >= 0.6 is 0 Å². The van der Waals surface area contributed by atoms with Gasteiger partial charge in [0.05, 0.1) is 30.8 Å². The Labute approximate surface area is 139 Å². The first-order valence-corrected chi connectivity index (χ1v) is 7.92. The second-order valence-corrected chi connectivity index (χ2v) is 6.73. The van der Waals surface area contributed by atoms with Crippen molar-refractivity contribution in [3.05, 3.63) is 0 Å². The van der Waals surface area contributed by atoms with Gasteiger partial charge in [-0.1, -0.05) is 0 Å². The topological polar surface area (TPSA) is 91.1 Å². The van der Waals surface area contributed by atoms with E-state index in [2.05, 4.69) is 0 Å². The molecule has 7 nitrogen and oxygen atoms in total. The summed E-state index contributed by atoms with van der Waals surface area (Å²) < 4.78 is 11.5. The summed E-state index contributed by atoms with van der Waals surface area (Å²) in [4.78, 5) is 27.5. The summed E-state index contributed by atoms with van der Waals surface area (Å²) in [5, 5.41) is 0.924. The van der Waals surface area contributed by atoms with E-state index >= 15 is 0 Å². The van der Waals surface area contributed by atoms with Crippen LogP contribution in [0.2, 0.25) is 0 Å². The molecule has 0 saturated carbocycles. The first-order valence-electron chi connectivity index (χ1n) is 7.92. The van der Waals surface area contributed by atoms with E-state index in [0.717, 1.165) is 11.5 Å². The minimum absolute atomic E-state index is 0.178. The summed E-state index contributed by atoms with van der Waals surface area (Å²) in [6.45, 7) is 10.7. The number of nitrogens with two attached hydrogens (primary N) is 1. The highest BCUT2D eigenvalue weighted by molar-refractivity contribution is 5.75. The second-order valence-electron chi connectivity index (χ2n) is 6.73. The zero-order chi connectivity index (χ0) is 18.1. The smallest absolute Gasteiger partial charge is 0.332 e. The fourth-order valence-corrected chi connectivity index (χ4v) is 1.72. The number of carbonyl (C=O) groups is 2. The summed E-state index contributed by atoms with van der Waals surface area (Å²) in [5.41, 5.74) is 4.68. The molecule has 7 heteroatoms. The maximum atomic E-state index is 11.7. The van der Waals surface area contributed by atoms with Crippen molar-refractivity contribution < 1.29 is 23.9 Å². The minimum atomic E-state index is -0.461. The minimum Gasteiger partial charge on any atom is -0.375 e. The molecule has 0 spiro atoms. The van der Waals surface area contributed by atoms with E-state index in [1.165, 1.54) is 14.0 Å². The van der Waals surface area contributed by atoms with Gasteiger partial charge >= 0.3 is 5.97 Å². The normalized spacial score (nSPS) is 12.1. The lowest BCUT2D eigenvalue weighted by molar-refractivity contribution is -0.192. The van der Waals surface area contributed by atoms with Crippen LogP contribution in [0.15, 0.2) is 0 Å². The van der Waals surface area contributed by atoms with Gasteiger partial charge in [0.15, 0.2) is 0 Å². The van der Waals surface area contributed by atoms with Gasteiger partial charge in [-0.2, -0.15) is 5.06 Å². The molecule has 0 rings (SSSR count). The van der Waals surface area contributed by atoms with Crippen LogP contribution in [0, 0.1) is 0 Å². The number of carbonyl (C=O) groups excluding carboxylic acids is 2. The van der Waals surface area contributed by atoms with Crippen LogP contribution in [-0.2, 0) is 23.9 Å². The average Bonchev–Trinajstić information content (AvgIpc) is 2.42. The lowest BCUT2D eigenvalue weighted by Gasteiger charge is -2.29. The molecule has 23 heavy (non-hydrogen) atoms. The number of hydrogen-bond acceptors (Lipinski definition) is 6. The van der Waals surface area contributed by atoms with E-state index in [0.29, 0.717) is 26.2 Å². The lowest BCUT2D eigenvalue weighted by atomic mass is 10.0. The maximum Gasteiger partial charge on any atom is 0.332 e. The van der Waals surface area contributed by atoms with Crippen molar-refractivity contribution in [1.82, 2.24) is 5.06 Å². The van der Waals surface area contributed by atoms with Gasteiger partial charge in [-0.15, -0.1) is 0 Å². The molecular weight excluding hydrogens is 300 g/mol. The molecule has 0 heterocycles. The second kappa shape index (κ2) is 9.85. The Morgan fingerprint density at radius 1 is 1.00 bits per heavy atom. The van der Waals surface area contributed by atoms with Gasteiger partial charge < -0.3 is 20.0 Å². The van der Waals surface area contributed by atoms with Crippen molar-refractivity contribution >= 4 is 11.9 Å². The molecule has 1 amide bonds. The average molecular weight is 332 g/mol. The Morgan fingerprint density at radius 2 is 1.52 bits per heavy atom. The van der Waals surface area contributed by atoms with Crippen LogP contribution < -0.4 is 5.73 Å². The Morgan fingerprint density at radius 3 is 2.04 bits per heavy atom. The molecule has 0 aliphatic rings. The third kappa shape index (κ3) is 11.1. The van der Waals surface area contributed by atoms with Gasteiger partial charge in [0.1, 0.15) is 0 Å². The van der Waals surface area contributed by atoms with Crippen LogP contribution in [0.4, 0.5) is 0 Å². The van der Waals surface area contributed by atoms with Crippen molar-refractivity contribution in [1.29, 1.82) is 0 Å². The first-order chi connectivity index (χ1) is 10.5. The largest absolute Gasteiger partial charge is 0.375 e. The van der Waals surface area contributed by atoms with Gasteiger partial charge in [-0.05, 0) is 40.5 Å². The Hall–Kier alpha value is -1.18. The standard InChI is InChI=1S/C16H32N2O5/c1-13(19)18(6)23-14(20)7-8-15(2,3)21-11-9-16(4,5)22-12-10-17/h7-12,17H2,1-6H3. The molecule has 2 N–H and O–H groups in total. The molecule has 0 aromatic carbocycles. The lowest BCUT2D eigenvalue weighted by Crippen LogP contribution is -2.33. The summed E-state index contributed by atoms with van der Waals surface area (Å²) >= 11 is 0. The number of hydroxylamine groups is 2. The van der Waals surface area contributed by atoms with Gasteiger partial charge in [-0.3, -0.25) is 4.79 Å². The zero-order valence-electron chi connectivity index (χ0n) is 15.3. The summed E-state index contributed by atoms with van der Waals surface area (Å²) in [6, 6.07) is 0. The molecule has 0 fully saturated rings. The molecule has 0 radical (unpaired) electrons. The van der Waals surface area contributed by atoms with Crippen LogP contribution in [0.3, 0.4) is 0 Å². The summed E-state index contributed by atoms with van der Waals surface area (Å²) in [6.07, 6.45) is 1.41. The van der Waals surface area contributed by atoms with E-state index in [1.54, 1.807) is 0 Å². The van der Waals surface area contributed by atoms with Crippen molar-refractivity contribution in [2.45, 2.75) is 65.1 Å². The van der Waals surface area contributed by atoms with Crippen molar-refractivity contribution in [2.24, 2.45) is 5.73 Å². The number of nitrogens with zero attached hydrogens (tertiary/aromatic N) is 1. The van der Waals surface area contributed by atoms with Crippen molar-refractivity contribution in [2.75, 3.05) is 26.8 Å². The molecule has 0 bridgehead atoms. The summed E-state index contributed by atoms with van der Waals surface area (Å²) in [5.74, 6) is -0.778. The Bertz CT molecular complexity index is 383. The fourth-order valence-electron chi connectivity index (χ4n) is 1.72. The Kier molecular flexibility index (Phi) is 9.34. The predicted molar refractivity (Wildman–Crippen MR) is 87.5 cm³/mol. The molecule has 0 unspecified atom stereocenters. The van der Waals surface area contributed by atoms with Crippen molar-refractivity contribution in [3.63, 3.8) is 0 Å². The van der Waals surface area contributed by atoms with Crippen LogP contribution in [0.1, 0.15) is 53.9 Å². The van der Waals surface area contributed by atoms with Gasteiger partial charge in [0, 0.05) is 20.5 Å². The third-order valence-electron chi connectivity index (χ3n) is 3.42. The van der Waals surface area contributed by atoms with Crippen LogP contribution in [0.5, 0.6) is 0 Å². The molecule has 0 saturated heterocycles. The monoisotopic (exact) mass is 332 g/mol. The predicted octanol–water partition coefficient (Wildman–Crippen LogP) is 1.64. The van der Waals surface area contributed by atoms with Crippen molar-refractivity contribution in [3.8, 4) is 0 Å². The van der Waals surface area contributed by atoms with E-state index in [4.69, 9.17) is 20.0 Å². The maximum absolute atomic E-state index is 11.7. The SMILES string of the molecule is CC(=O)N(C)OC(=O)CCC(C)(C)OCCC(C)(C)OCCN. The molecular formula is C16H32N2O5. The Balaban J connectivity index is 4.09. The van der Waals surface area contributed by atoms with Gasteiger partial charge in [-0.25, -0.2) is 4.79 Å². The van der Waals surface area contributed by atoms with Crippen LogP contribution in [0.25, 0.3) is 0 Å². The molecule has 136 valence electrons. The molecule has 0 aromatic rings. The zero-order valence-corrected chi connectivity index (χ0v) is 15.3. The van der Waals surface area contributed by atoms with E-state index in [9.17, 15) is 9.59 Å². The first kappa shape index (κ1) is 21.8. The quantitative estimate of drug-likeness (QED) is 0.612. The number of ether oxygens (including phenoxy) is 2. The van der Waals surface area contributed by atoms with E-state index in [-0.39, 0.29) is 17.9 Å². The third-order valence-corrected chi connectivity index (χ3v) is 3.42. The molecule has 0 aromatic heterocycles. The van der Waals surface area contributed by atoms with E-state index < -0.39 is 11.6 Å². The highest BCUT2D eigenvalue weighted by Crippen LogP contribution is 2.21. The van der Waals surface area contributed by atoms with Gasteiger partial charge in [0.2, 0.25) is 0 Å². The van der Waals surface area contributed by atoms with E-state index in [1.807, 2.05) is 27.7 Å². The number of rotatable bonds is 10. The fraction of sp³-hybridized carbons (Fsp3) is 0.875. The summed E-state index contributed by atoms with van der Waals surface area (Å²) in [7, 11) is 1.41. The highest BCUT2D eigenvalue weighted by atomic mass is 16.7. The molecule has 0 atom stereocenters. The molecule has 0 aliphatic heterocycles. The molecule has 0 aliphatic carbocycles. The highest BCUT2D eigenvalue weighted by Gasteiger charge is 2.24. The number of hydrogen-bond donors (Lipinski definition) is 1.